The Morgan fingerprint density at radius 3 is 2.37 bits per heavy atom. The van der Waals surface area contributed by atoms with Crippen molar-refractivity contribution in [3.05, 3.63) is 78.6 Å². The van der Waals surface area contributed by atoms with Gasteiger partial charge in [-0.2, -0.15) is 4.72 Å². The zero-order valence-corrected chi connectivity index (χ0v) is 24.2. The van der Waals surface area contributed by atoms with Gasteiger partial charge in [0.05, 0.1) is 4.90 Å². The molecule has 2 heterocycles. The zero-order valence-electron chi connectivity index (χ0n) is 23.4. The van der Waals surface area contributed by atoms with Crippen molar-refractivity contribution in [2.75, 3.05) is 29.9 Å². The SMILES string of the molecule is CC(C)(C)OC(=O)[C@H](CNC(=O)c1ccc(N2CCCC(Nc3ncccn3)C2)cc1)NS(=O)(=O)c1ccccc1. The van der Waals surface area contributed by atoms with Crippen molar-refractivity contribution in [2.24, 2.45) is 0 Å². The van der Waals surface area contributed by atoms with Crippen LogP contribution in [0.15, 0.2) is 78.0 Å². The van der Waals surface area contributed by atoms with Gasteiger partial charge in [0.1, 0.15) is 11.6 Å². The Kier molecular flexibility index (Phi) is 9.56. The number of amides is 1. The van der Waals surface area contributed by atoms with E-state index in [0.29, 0.717) is 11.5 Å². The number of aromatic nitrogens is 2. The second kappa shape index (κ2) is 13.1. The number of ether oxygens (including phenoxy) is 1. The number of nitrogens with one attached hydrogen (secondary N) is 3. The molecule has 41 heavy (non-hydrogen) atoms. The van der Waals surface area contributed by atoms with Crippen molar-refractivity contribution >= 4 is 33.5 Å². The smallest absolute Gasteiger partial charge is 0.326 e. The zero-order chi connectivity index (χ0) is 29.5. The summed E-state index contributed by atoms with van der Waals surface area (Å²) >= 11 is 0. The second-order valence-electron chi connectivity index (χ2n) is 10.8. The highest BCUT2D eigenvalue weighted by molar-refractivity contribution is 7.89. The van der Waals surface area contributed by atoms with Crippen LogP contribution in [0.2, 0.25) is 0 Å². The Morgan fingerprint density at radius 1 is 1.02 bits per heavy atom. The molecule has 1 aromatic heterocycles. The minimum Gasteiger partial charge on any atom is -0.459 e. The fourth-order valence-electron chi connectivity index (χ4n) is 4.41. The summed E-state index contributed by atoms with van der Waals surface area (Å²) in [7, 11) is -4.04. The number of carbonyl (C=O) groups is 2. The van der Waals surface area contributed by atoms with Gasteiger partial charge >= 0.3 is 5.97 Å². The molecule has 1 saturated heterocycles. The van der Waals surface area contributed by atoms with Gasteiger partial charge in [0.2, 0.25) is 16.0 Å². The van der Waals surface area contributed by atoms with Gasteiger partial charge in [-0.25, -0.2) is 18.4 Å². The van der Waals surface area contributed by atoms with Crippen LogP contribution in [0.3, 0.4) is 0 Å². The van der Waals surface area contributed by atoms with Crippen molar-refractivity contribution in [3.63, 3.8) is 0 Å². The molecule has 12 heteroatoms. The molecule has 1 aliphatic rings. The highest BCUT2D eigenvalue weighted by atomic mass is 32.2. The minimum absolute atomic E-state index is 0.00178. The number of benzene rings is 2. The Hall–Kier alpha value is -4.03. The van der Waals surface area contributed by atoms with Crippen LogP contribution in [0.1, 0.15) is 44.0 Å². The molecular formula is C29H36N6O5S. The van der Waals surface area contributed by atoms with E-state index in [9.17, 15) is 18.0 Å². The van der Waals surface area contributed by atoms with Crippen LogP contribution in [0.5, 0.6) is 0 Å². The van der Waals surface area contributed by atoms with E-state index in [1.165, 1.54) is 12.1 Å². The number of hydrogen-bond donors (Lipinski definition) is 3. The number of sulfonamides is 1. The largest absolute Gasteiger partial charge is 0.459 e. The molecule has 0 bridgehead atoms. The van der Waals surface area contributed by atoms with E-state index in [1.807, 2.05) is 12.1 Å². The molecule has 0 spiro atoms. The normalized spacial score (nSPS) is 16.5. The Bertz CT molecular complexity index is 1410. The van der Waals surface area contributed by atoms with Crippen molar-refractivity contribution < 1.29 is 22.7 Å². The van der Waals surface area contributed by atoms with Crippen LogP contribution < -0.4 is 20.3 Å². The van der Waals surface area contributed by atoms with E-state index in [2.05, 4.69) is 30.2 Å². The van der Waals surface area contributed by atoms with Gasteiger partial charge in [0.15, 0.2) is 0 Å². The van der Waals surface area contributed by atoms with Gasteiger partial charge in [-0.3, -0.25) is 9.59 Å². The van der Waals surface area contributed by atoms with Crippen LogP contribution in [0.4, 0.5) is 11.6 Å². The molecule has 1 amide bonds. The number of piperidine rings is 1. The predicted molar refractivity (Wildman–Crippen MR) is 156 cm³/mol. The number of esters is 1. The average Bonchev–Trinajstić information content (AvgIpc) is 2.95. The van der Waals surface area contributed by atoms with E-state index in [-0.39, 0.29) is 17.5 Å². The van der Waals surface area contributed by atoms with Crippen molar-refractivity contribution in [3.8, 4) is 0 Å². The highest BCUT2D eigenvalue weighted by Crippen LogP contribution is 2.22. The lowest BCUT2D eigenvalue weighted by Crippen LogP contribution is -2.50. The lowest BCUT2D eigenvalue weighted by molar-refractivity contribution is -0.156. The van der Waals surface area contributed by atoms with Gasteiger partial charge in [0, 0.05) is 49.3 Å². The van der Waals surface area contributed by atoms with Gasteiger partial charge in [0.25, 0.3) is 5.91 Å². The van der Waals surface area contributed by atoms with Crippen LogP contribution in [-0.2, 0) is 19.6 Å². The Labute approximate surface area is 240 Å². The van der Waals surface area contributed by atoms with Crippen LogP contribution in [-0.4, -0.2) is 67.6 Å². The molecule has 2 atom stereocenters. The number of hydrogen-bond acceptors (Lipinski definition) is 9. The van der Waals surface area contributed by atoms with Crippen molar-refractivity contribution in [1.29, 1.82) is 0 Å². The summed E-state index contributed by atoms with van der Waals surface area (Å²) in [6.07, 6.45) is 5.40. The quantitative estimate of drug-likeness (QED) is 0.309. The fraction of sp³-hybridized carbons (Fsp3) is 0.379. The Morgan fingerprint density at radius 2 is 1.71 bits per heavy atom. The lowest BCUT2D eigenvalue weighted by atomic mass is 10.0. The minimum atomic E-state index is -4.04. The van der Waals surface area contributed by atoms with Gasteiger partial charge in [-0.05, 0) is 76.1 Å². The van der Waals surface area contributed by atoms with E-state index in [4.69, 9.17) is 4.74 Å². The van der Waals surface area contributed by atoms with Crippen molar-refractivity contribution in [1.82, 2.24) is 20.0 Å². The molecule has 4 rings (SSSR count). The van der Waals surface area contributed by atoms with Gasteiger partial charge in [-0.1, -0.05) is 18.2 Å². The standard InChI is InChI=1S/C29H36N6O5S/c1-29(2,3)40-27(37)25(34-41(38,39)24-10-5-4-6-11-24)19-32-26(36)21-12-14-23(15-13-21)35-18-7-9-22(20-35)33-28-30-16-8-17-31-28/h4-6,8,10-17,22,25,34H,7,9,18-20H2,1-3H3,(H,32,36)(H,30,31,33)/t22?,25-/m0/s1. The maximum atomic E-state index is 13.0. The summed E-state index contributed by atoms with van der Waals surface area (Å²) in [5, 5.41) is 6.04. The lowest BCUT2D eigenvalue weighted by Gasteiger charge is -2.34. The summed E-state index contributed by atoms with van der Waals surface area (Å²) in [4.78, 5) is 36.5. The molecule has 1 unspecified atom stereocenters. The molecule has 1 fully saturated rings. The first-order valence-electron chi connectivity index (χ1n) is 13.5. The maximum Gasteiger partial charge on any atom is 0.326 e. The molecule has 3 aromatic rings. The van der Waals surface area contributed by atoms with Crippen LogP contribution in [0, 0.1) is 0 Å². The van der Waals surface area contributed by atoms with Gasteiger partial charge < -0.3 is 20.3 Å². The first kappa shape index (κ1) is 29.9. The molecule has 218 valence electrons. The summed E-state index contributed by atoms with van der Waals surface area (Å²) in [6.45, 7) is 6.42. The summed E-state index contributed by atoms with van der Waals surface area (Å²) in [6, 6.07) is 15.5. The van der Waals surface area contributed by atoms with E-state index in [0.717, 1.165) is 31.6 Å². The first-order chi connectivity index (χ1) is 19.5. The molecule has 1 aliphatic heterocycles. The molecule has 3 N–H and O–H groups in total. The monoisotopic (exact) mass is 580 g/mol. The first-order valence-corrected chi connectivity index (χ1v) is 15.0. The molecule has 0 radical (unpaired) electrons. The molecule has 0 saturated carbocycles. The Balaban J connectivity index is 1.38. The fourth-order valence-corrected chi connectivity index (χ4v) is 5.61. The third kappa shape index (κ3) is 8.73. The maximum absolute atomic E-state index is 13.0. The number of carbonyl (C=O) groups excluding carboxylic acids is 2. The average molecular weight is 581 g/mol. The molecule has 11 nitrogen and oxygen atoms in total. The van der Waals surface area contributed by atoms with Crippen molar-refractivity contribution in [2.45, 2.75) is 56.2 Å². The molecule has 2 aromatic carbocycles. The summed E-state index contributed by atoms with van der Waals surface area (Å²) in [5.74, 6) is -0.632. The number of anilines is 2. The van der Waals surface area contributed by atoms with E-state index >= 15 is 0 Å². The second-order valence-corrected chi connectivity index (χ2v) is 12.5. The summed E-state index contributed by atoms with van der Waals surface area (Å²) < 4.78 is 33.6. The van der Waals surface area contributed by atoms with E-state index in [1.54, 1.807) is 69.6 Å². The molecule has 0 aliphatic carbocycles. The van der Waals surface area contributed by atoms with Crippen LogP contribution in [0.25, 0.3) is 0 Å². The third-order valence-electron chi connectivity index (χ3n) is 6.32. The van der Waals surface area contributed by atoms with Crippen LogP contribution >= 0.6 is 0 Å². The predicted octanol–water partition coefficient (Wildman–Crippen LogP) is 2.98. The number of nitrogens with zero attached hydrogens (tertiary/aromatic N) is 3. The third-order valence-corrected chi connectivity index (χ3v) is 7.81. The van der Waals surface area contributed by atoms with E-state index < -0.39 is 33.5 Å². The number of rotatable bonds is 10. The topological polar surface area (TPSA) is 143 Å². The van der Waals surface area contributed by atoms with Gasteiger partial charge in [-0.15, -0.1) is 0 Å². The molecular weight excluding hydrogens is 544 g/mol. The highest BCUT2D eigenvalue weighted by Gasteiger charge is 2.30. The summed E-state index contributed by atoms with van der Waals surface area (Å²) in [5.41, 5.74) is 0.515.